The molecule has 0 saturated carbocycles. The molecule has 1 rings (SSSR count). The third-order valence-corrected chi connectivity index (χ3v) is 1.43. The molecule has 1 aromatic carbocycles. The zero-order chi connectivity index (χ0) is 9.56. The van der Waals surface area contributed by atoms with Gasteiger partial charge in [0.1, 0.15) is 6.07 Å². The van der Waals surface area contributed by atoms with Crippen LogP contribution in [0.5, 0.6) is 0 Å². The molecule has 0 atom stereocenters. The summed E-state index contributed by atoms with van der Waals surface area (Å²) in [6.07, 6.45) is 0. The third-order valence-electron chi connectivity index (χ3n) is 1.11. The highest BCUT2D eigenvalue weighted by Crippen LogP contribution is 2.17. The van der Waals surface area contributed by atoms with Crippen LogP contribution in [0.2, 0.25) is 5.02 Å². The smallest absolute Gasteiger partial charge is 0.101 e. The summed E-state index contributed by atoms with van der Waals surface area (Å²) in [7, 11) is 0. The van der Waals surface area contributed by atoms with Crippen LogP contribution in [0.3, 0.4) is 0 Å². The molecule has 0 heterocycles. The minimum atomic E-state index is 0.405. The Balaban J connectivity index is 0.000000561. The number of nitrogens with two attached hydrogens (primary N) is 1. The Hall–Kier alpha value is -1.20. The third kappa shape index (κ3) is 2.81. The number of hydrogen-bond donors (Lipinski definition) is 1. The number of anilines is 1. The molecule has 0 amide bonds. The number of benzene rings is 1. The highest BCUT2D eigenvalue weighted by atomic mass is 35.5. The summed E-state index contributed by atoms with van der Waals surface area (Å²) in [5.74, 6) is 0. The maximum atomic E-state index is 8.43. The molecule has 3 heteroatoms. The SMILES string of the molecule is CC.N#Cc1ccc(N)cc1Cl. The Morgan fingerprint density at radius 3 is 2.42 bits per heavy atom. The van der Waals surface area contributed by atoms with Crippen LogP contribution in [0.1, 0.15) is 19.4 Å². The molecule has 0 aliphatic rings. The average molecular weight is 183 g/mol. The predicted molar refractivity (Wildman–Crippen MR) is 51.9 cm³/mol. The van der Waals surface area contributed by atoms with Gasteiger partial charge in [0.25, 0.3) is 0 Å². The summed E-state index contributed by atoms with van der Waals surface area (Å²) < 4.78 is 0. The normalized spacial score (nSPS) is 7.83. The fourth-order valence-corrected chi connectivity index (χ4v) is 0.853. The summed E-state index contributed by atoms with van der Waals surface area (Å²) in [5, 5.41) is 8.84. The van der Waals surface area contributed by atoms with Gasteiger partial charge in [-0.3, -0.25) is 0 Å². The highest BCUT2D eigenvalue weighted by molar-refractivity contribution is 6.32. The van der Waals surface area contributed by atoms with Crippen LogP contribution in [0.4, 0.5) is 5.69 Å². The van der Waals surface area contributed by atoms with Gasteiger partial charge in [0.15, 0.2) is 0 Å². The van der Waals surface area contributed by atoms with Gasteiger partial charge in [0, 0.05) is 5.69 Å². The summed E-state index contributed by atoms with van der Waals surface area (Å²) in [4.78, 5) is 0. The van der Waals surface area contributed by atoms with Crippen LogP contribution in [0.25, 0.3) is 0 Å². The van der Waals surface area contributed by atoms with Gasteiger partial charge in [-0.1, -0.05) is 25.4 Å². The van der Waals surface area contributed by atoms with Crippen molar-refractivity contribution in [2.75, 3.05) is 5.73 Å². The summed E-state index contributed by atoms with van der Waals surface area (Å²) in [5.41, 5.74) is 6.42. The van der Waals surface area contributed by atoms with Crippen molar-refractivity contribution in [2.24, 2.45) is 0 Å². The van der Waals surface area contributed by atoms with Gasteiger partial charge in [-0.2, -0.15) is 5.26 Å². The molecule has 0 bridgehead atoms. The van der Waals surface area contributed by atoms with Gasteiger partial charge < -0.3 is 5.73 Å². The number of nitrogens with zero attached hydrogens (tertiary/aromatic N) is 1. The lowest BCUT2D eigenvalue weighted by Crippen LogP contribution is -1.84. The Bertz CT molecular complexity index is 289. The standard InChI is InChI=1S/C7H5ClN2.C2H6/c8-7-3-6(10)2-1-5(7)4-9;1-2/h1-3H,10H2;1-2H3. The molecule has 0 spiro atoms. The van der Waals surface area contributed by atoms with Crippen molar-refractivity contribution >= 4 is 17.3 Å². The van der Waals surface area contributed by atoms with E-state index in [9.17, 15) is 0 Å². The lowest BCUT2D eigenvalue weighted by atomic mass is 10.2. The van der Waals surface area contributed by atoms with Crippen molar-refractivity contribution in [3.8, 4) is 6.07 Å². The van der Waals surface area contributed by atoms with Crippen molar-refractivity contribution in [3.05, 3.63) is 28.8 Å². The fraction of sp³-hybridized carbons (Fsp3) is 0.222. The first kappa shape index (κ1) is 10.8. The van der Waals surface area contributed by atoms with Gasteiger partial charge in [-0.15, -0.1) is 0 Å². The first-order valence-corrected chi connectivity index (χ1v) is 4.07. The fourth-order valence-electron chi connectivity index (χ4n) is 0.622. The second-order valence-corrected chi connectivity index (χ2v) is 2.26. The van der Waals surface area contributed by atoms with Crippen molar-refractivity contribution in [3.63, 3.8) is 0 Å². The van der Waals surface area contributed by atoms with Gasteiger partial charge in [-0.05, 0) is 18.2 Å². The zero-order valence-corrected chi connectivity index (χ0v) is 7.89. The van der Waals surface area contributed by atoms with E-state index in [1.54, 1.807) is 18.2 Å². The molecule has 64 valence electrons. The summed E-state index contributed by atoms with van der Waals surface area (Å²) in [6.45, 7) is 4.00. The van der Waals surface area contributed by atoms with E-state index in [0.29, 0.717) is 16.3 Å². The molecule has 0 saturated heterocycles. The summed E-state index contributed by atoms with van der Waals surface area (Å²) in [6, 6.07) is 6.73. The van der Waals surface area contributed by atoms with Crippen molar-refractivity contribution < 1.29 is 0 Å². The van der Waals surface area contributed by atoms with Crippen molar-refractivity contribution in [1.29, 1.82) is 5.26 Å². The molecule has 2 nitrogen and oxygen atoms in total. The quantitative estimate of drug-likeness (QED) is 0.628. The molecule has 12 heavy (non-hydrogen) atoms. The number of hydrogen-bond acceptors (Lipinski definition) is 2. The van der Waals surface area contributed by atoms with Crippen LogP contribution in [-0.2, 0) is 0 Å². The van der Waals surface area contributed by atoms with Gasteiger partial charge in [0.2, 0.25) is 0 Å². The van der Waals surface area contributed by atoms with Gasteiger partial charge in [-0.25, -0.2) is 0 Å². The largest absolute Gasteiger partial charge is 0.399 e. The van der Waals surface area contributed by atoms with E-state index in [0.717, 1.165) is 0 Å². The van der Waals surface area contributed by atoms with E-state index < -0.39 is 0 Å². The maximum Gasteiger partial charge on any atom is 0.101 e. The lowest BCUT2D eigenvalue weighted by molar-refractivity contribution is 1.48. The minimum absolute atomic E-state index is 0.405. The van der Waals surface area contributed by atoms with E-state index in [2.05, 4.69) is 0 Å². The lowest BCUT2D eigenvalue weighted by Gasteiger charge is -1.94. The Morgan fingerprint density at radius 2 is 2.00 bits per heavy atom. The van der Waals surface area contributed by atoms with E-state index in [4.69, 9.17) is 22.6 Å². The van der Waals surface area contributed by atoms with E-state index in [-0.39, 0.29) is 0 Å². The Labute approximate surface area is 77.6 Å². The molecule has 0 fully saturated rings. The molecule has 0 radical (unpaired) electrons. The van der Waals surface area contributed by atoms with Gasteiger partial charge in [0.05, 0.1) is 10.6 Å². The van der Waals surface area contributed by atoms with Crippen LogP contribution < -0.4 is 5.73 Å². The van der Waals surface area contributed by atoms with E-state index in [1.165, 1.54) is 0 Å². The zero-order valence-electron chi connectivity index (χ0n) is 7.13. The maximum absolute atomic E-state index is 8.43. The molecule has 0 aliphatic heterocycles. The van der Waals surface area contributed by atoms with Crippen LogP contribution in [0, 0.1) is 11.3 Å². The van der Waals surface area contributed by atoms with Crippen molar-refractivity contribution in [1.82, 2.24) is 0 Å². The number of halogens is 1. The monoisotopic (exact) mass is 182 g/mol. The molecule has 0 aromatic heterocycles. The summed E-state index contributed by atoms with van der Waals surface area (Å²) >= 11 is 5.63. The number of nitrogen functional groups attached to an aromatic ring is 1. The second kappa shape index (κ2) is 5.45. The van der Waals surface area contributed by atoms with Gasteiger partial charge >= 0.3 is 0 Å². The number of nitriles is 1. The first-order chi connectivity index (χ1) is 5.74. The molecule has 2 N–H and O–H groups in total. The van der Waals surface area contributed by atoms with Crippen LogP contribution in [-0.4, -0.2) is 0 Å². The molecular weight excluding hydrogens is 172 g/mol. The predicted octanol–water partition coefficient (Wildman–Crippen LogP) is 2.82. The molecule has 0 unspecified atom stereocenters. The highest BCUT2D eigenvalue weighted by Gasteiger charge is 1.96. The van der Waals surface area contributed by atoms with Crippen LogP contribution >= 0.6 is 11.6 Å². The average Bonchev–Trinajstić information content (AvgIpc) is 2.08. The number of rotatable bonds is 0. The van der Waals surface area contributed by atoms with E-state index >= 15 is 0 Å². The molecule has 0 aliphatic carbocycles. The van der Waals surface area contributed by atoms with E-state index in [1.807, 2.05) is 19.9 Å². The van der Waals surface area contributed by atoms with Crippen LogP contribution in [0.15, 0.2) is 18.2 Å². The topological polar surface area (TPSA) is 49.8 Å². The second-order valence-electron chi connectivity index (χ2n) is 1.85. The Kier molecular flexibility index (Phi) is 4.91. The molecule has 1 aromatic rings. The first-order valence-electron chi connectivity index (χ1n) is 3.69. The molecular formula is C9H11ClN2. The minimum Gasteiger partial charge on any atom is -0.399 e. The van der Waals surface area contributed by atoms with Crippen molar-refractivity contribution in [2.45, 2.75) is 13.8 Å². The Morgan fingerprint density at radius 1 is 1.42 bits per heavy atom.